The van der Waals surface area contributed by atoms with Gasteiger partial charge in [0.05, 0.1) is 23.6 Å². The van der Waals surface area contributed by atoms with E-state index in [1.807, 2.05) is 0 Å². The van der Waals surface area contributed by atoms with Crippen molar-refractivity contribution in [2.24, 2.45) is 0 Å². The molecule has 1 N–H and O–H groups in total. The van der Waals surface area contributed by atoms with Gasteiger partial charge >= 0.3 is 0 Å². The molecule has 0 unspecified atom stereocenters. The molecule has 1 aliphatic rings. The van der Waals surface area contributed by atoms with Crippen LogP contribution in [0.25, 0.3) is 11.4 Å². The lowest BCUT2D eigenvalue weighted by atomic mass is 10.0. The first-order valence-electron chi connectivity index (χ1n) is 11.8. The van der Waals surface area contributed by atoms with E-state index in [9.17, 15) is 18.0 Å². The quantitative estimate of drug-likeness (QED) is 0.507. The summed E-state index contributed by atoms with van der Waals surface area (Å²) >= 11 is 6.20. The Morgan fingerprint density at radius 3 is 2.81 bits per heavy atom. The number of carbonyl (C=O) groups is 2. The third kappa shape index (κ3) is 5.06. The summed E-state index contributed by atoms with van der Waals surface area (Å²) in [5, 5.41) is 1.69. The van der Waals surface area contributed by atoms with E-state index in [-0.39, 0.29) is 47.4 Å². The Labute approximate surface area is 193 Å². The average Bonchev–Trinajstić information content (AvgIpc) is 2.81. The lowest BCUT2D eigenvalue weighted by Crippen LogP contribution is -2.51. The molecule has 0 radical (unpaired) electrons. The molecule has 0 aromatic carbocycles. The summed E-state index contributed by atoms with van der Waals surface area (Å²) in [5.74, 6) is -1.47. The summed E-state index contributed by atoms with van der Waals surface area (Å²) in [7, 11) is -4.80. The van der Waals surface area contributed by atoms with Gasteiger partial charge in [0.15, 0.2) is 0 Å². The second kappa shape index (κ2) is 9.08. The Morgan fingerprint density at radius 1 is 1.29 bits per heavy atom. The Bertz CT molecular complexity index is 1340. The van der Waals surface area contributed by atoms with Crippen LogP contribution in [-0.2, 0) is 14.8 Å². The van der Waals surface area contributed by atoms with Crippen LogP contribution in [0.2, 0.25) is 5.15 Å². The number of hydrogen-bond donors (Lipinski definition) is 1. The summed E-state index contributed by atoms with van der Waals surface area (Å²) < 4.78 is 70.6. The van der Waals surface area contributed by atoms with Gasteiger partial charge in [-0.05, 0) is 29.8 Å². The minimum absolute atomic E-state index is 0.0505. The van der Waals surface area contributed by atoms with Crippen LogP contribution in [0.1, 0.15) is 30.3 Å². The fraction of sp³-hybridized carbons (Fsp3) is 0.316. The van der Waals surface area contributed by atoms with E-state index in [1.54, 1.807) is 5.32 Å². The third-order valence-corrected chi connectivity index (χ3v) is 5.85. The van der Waals surface area contributed by atoms with Gasteiger partial charge in [-0.2, -0.15) is 4.31 Å². The number of nitrogens with zero attached hydrogens (tertiary/aromatic N) is 5. The Morgan fingerprint density at radius 2 is 2.10 bits per heavy atom. The monoisotopic (exact) mass is 470 g/mol. The van der Waals surface area contributed by atoms with Crippen molar-refractivity contribution in [3.63, 3.8) is 0 Å². The molecule has 0 spiro atoms. The van der Waals surface area contributed by atoms with Crippen LogP contribution in [-0.4, -0.2) is 77.2 Å². The van der Waals surface area contributed by atoms with Crippen LogP contribution >= 0.6 is 11.6 Å². The zero-order valence-electron chi connectivity index (χ0n) is 21.9. The number of aromatic nitrogens is 3. The molecule has 0 aliphatic carbocycles. The van der Waals surface area contributed by atoms with Crippen LogP contribution in [0.15, 0.2) is 37.2 Å². The second-order valence-corrected chi connectivity index (χ2v) is 8.28. The molecule has 2 amide bonds. The molecule has 1 atom stereocenters. The maximum Gasteiger partial charge on any atom is 0.269 e. The molecule has 1 saturated heterocycles. The summed E-state index contributed by atoms with van der Waals surface area (Å²) in [5.41, 5.74) is 0.0358. The highest BCUT2D eigenvalue weighted by Crippen LogP contribution is 2.31. The average molecular weight is 471 g/mol. The van der Waals surface area contributed by atoms with Crippen molar-refractivity contribution in [2.75, 3.05) is 32.8 Å². The predicted octanol–water partition coefficient (Wildman–Crippen LogP) is 0.883. The lowest BCUT2D eigenvalue weighted by Gasteiger charge is -2.40. The standard InChI is InChI=1S/C19H21ClN6O4S/c1-4-18(27)25-5-6-26(31(3,29)30)16(10-25)12-7-14(24-17(20)8-12)13-9-15(19(28)21-2)23-11-22-13/h4,7-9,11,16H,1,5-6,10H2,2-3H3,(H,21,28)/t16-/m1/s1/i2D3,3D3. The number of pyridine rings is 1. The van der Waals surface area contributed by atoms with E-state index in [2.05, 4.69) is 21.5 Å². The van der Waals surface area contributed by atoms with Gasteiger partial charge in [0.25, 0.3) is 5.91 Å². The maximum atomic E-state index is 12.9. The number of carbonyl (C=O) groups excluding carboxylic acids is 2. The highest BCUT2D eigenvalue weighted by atomic mass is 35.5. The van der Waals surface area contributed by atoms with Crippen LogP contribution < -0.4 is 5.32 Å². The molecule has 1 fully saturated rings. The van der Waals surface area contributed by atoms with Gasteiger partial charge < -0.3 is 10.2 Å². The van der Waals surface area contributed by atoms with Crippen LogP contribution in [0, 0.1) is 0 Å². The predicted molar refractivity (Wildman–Crippen MR) is 115 cm³/mol. The second-order valence-electron chi connectivity index (χ2n) is 6.47. The van der Waals surface area contributed by atoms with Crippen molar-refractivity contribution < 1.29 is 26.2 Å². The number of piperazine rings is 1. The minimum atomic E-state index is -4.80. The molecular weight excluding hydrogens is 444 g/mol. The van der Waals surface area contributed by atoms with E-state index in [4.69, 9.17) is 19.8 Å². The molecule has 3 heterocycles. The van der Waals surface area contributed by atoms with E-state index < -0.39 is 41.0 Å². The molecule has 164 valence electrons. The van der Waals surface area contributed by atoms with Crippen molar-refractivity contribution >= 4 is 33.4 Å². The van der Waals surface area contributed by atoms with Gasteiger partial charge in [-0.1, -0.05) is 18.2 Å². The molecule has 2 aromatic heterocycles. The van der Waals surface area contributed by atoms with Gasteiger partial charge in [-0.15, -0.1) is 0 Å². The largest absolute Gasteiger partial charge is 0.354 e. The first-order valence-corrected chi connectivity index (χ1v) is 10.6. The molecule has 31 heavy (non-hydrogen) atoms. The van der Waals surface area contributed by atoms with E-state index in [0.717, 1.165) is 22.8 Å². The zero-order valence-corrected chi connectivity index (χ0v) is 17.5. The van der Waals surface area contributed by atoms with Crippen molar-refractivity contribution in [3.8, 4) is 11.4 Å². The Kier molecular flexibility index (Phi) is 4.64. The summed E-state index contributed by atoms with van der Waals surface area (Å²) in [6.45, 7) is 0.118. The fourth-order valence-electron chi connectivity index (χ4n) is 3.18. The topological polar surface area (TPSA) is 125 Å². The van der Waals surface area contributed by atoms with Crippen LogP contribution in [0.4, 0.5) is 0 Å². The molecule has 0 bridgehead atoms. The Balaban J connectivity index is 2.08. The van der Waals surface area contributed by atoms with Gasteiger partial charge in [-0.3, -0.25) is 9.59 Å². The highest BCUT2D eigenvalue weighted by Gasteiger charge is 2.35. The smallest absolute Gasteiger partial charge is 0.269 e. The SMILES string of the molecule is [2H]C([2H])([2H])NC(=O)c1cc(-c2cc([C@H]3CN(C(=O)C=C)CCN3S(=O)(=O)C([2H])([2H])[2H])cc(Cl)n2)ncn1. The van der Waals surface area contributed by atoms with Crippen molar-refractivity contribution in [2.45, 2.75) is 6.04 Å². The minimum Gasteiger partial charge on any atom is -0.354 e. The van der Waals surface area contributed by atoms with Crippen molar-refractivity contribution in [3.05, 3.63) is 53.6 Å². The van der Waals surface area contributed by atoms with Gasteiger partial charge in [0.2, 0.25) is 15.9 Å². The normalized spacial score (nSPS) is 20.9. The zero-order chi connectivity index (χ0) is 27.8. The van der Waals surface area contributed by atoms with Crippen molar-refractivity contribution in [1.29, 1.82) is 0 Å². The molecule has 0 saturated carbocycles. The van der Waals surface area contributed by atoms with Gasteiger partial charge in [0, 0.05) is 34.8 Å². The molecule has 12 heteroatoms. The number of nitrogens with one attached hydrogen (secondary N) is 1. The lowest BCUT2D eigenvalue weighted by molar-refractivity contribution is -0.128. The number of halogens is 1. The molecule has 1 aliphatic heterocycles. The maximum absolute atomic E-state index is 12.9. The van der Waals surface area contributed by atoms with Crippen molar-refractivity contribution in [1.82, 2.24) is 29.5 Å². The number of sulfonamides is 1. The third-order valence-electron chi connectivity index (χ3n) is 4.60. The molecule has 2 aromatic rings. The summed E-state index contributed by atoms with van der Waals surface area (Å²) in [6, 6.07) is 2.72. The Hall–Kier alpha value is -2.89. The first-order chi connectivity index (χ1) is 17.0. The summed E-state index contributed by atoms with van der Waals surface area (Å²) in [6.07, 6.45) is -1.29. The van der Waals surface area contributed by atoms with Crippen LogP contribution in [0.5, 0.6) is 0 Å². The first kappa shape index (κ1) is 15.8. The fourth-order valence-corrected chi connectivity index (χ4v) is 4.24. The number of amides is 2. The molecule has 10 nitrogen and oxygen atoms in total. The van der Waals surface area contributed by atoms with E-state index in [1.165, 1.54) is 17.0 Å². The summed E-state index contributed by atoms with van der Waals surface area (Å²) in [4.78, 5) is 37.7. The molecular formula is C19H21ClN6O4S. The number of rotatable bonds is 5. The highest BCUT2D eigenvalue weighted by molar-refractivity contribution is 7.88. The van der Waals surface area contributed by atoms with Gasteiger partial charge in [-0.25, -0.2) is 23.4 Å². The van der Waals surface area contributed by atoms with Crippen LogP contribution in [0.3, 0.4) is 0 Å². The van der Waals surface area contributed by atoms with E-state index >= 15 is 0 Å². The molecule has 3 rings (SSSR count). The van der Waals surface area contributed by atoms with Gasteiger partial charge in [0.1, 0.15) is 17.2 Å². The van der Waals surface area contributed by atoms with E-state index in [0.29, 0.717) is 0 Å². The number of hydrogen-bond acceptors (Lipinski definition) is 7.